The lowest BCUT2D eigenvalue weighted by Gasteiger charge is -2.46. The molecule has 4 nitrogen and oxygen atoms in total. The van der Waals surface area contributed by atoms with E-state index >= 15 is 0 Å². The Morgan fingerprint density at radius 3 is 2.29 bits per heavy atom. The van der Waals surface area contributed by atoms with E-state index in [1.807, 2.05) is 13.8 Å². The SMILES string of the molecule is CC(C)c1ccc(C(=O)C2(C)CN(C(=O)OC(C)(C)C)C2)cc1F. The molecular weight excluding hydrogens is 309 g/mol. The zero-order valence-corrected chi connectivity index (χ0v) is 15.3. The summed E-state index contributed by atoms with van der Waals surface area (Å²) >= 11 is 0. The largest absolute Gasteiger partial charge is 0.444 e. The lowest BCUT2D eigenvalue weighted by Crippen LogP contribution is -2.61. The van der Waals surface area contributed by atoms with E-state index in [-0.39, 0.29) is 30.6 Å². The van der Waals surface area contributed by atoms with Crippen molar-refractivity contribution in [3.63, 3.8) is 0 Å². The van der Waals surface area contributed by atoms with Crippen molar-refractivity contribution in [3.8, 4) is 0 Å². The number of rotatable bonds is 3. The van der Waals surface area contributed by atoms with E-state index in [0.29, 0.717) is 11.1 Å². The Morgan fingerprint density at radius 2 is 1.83 bits per heavy atom. The van der Waals surface area contributed by atoms with Crippen LogP contribution in [0, 0.1) is 11.2 Å². The first-order valence-electron chi connectivity index (χ1n) is 8.25. The molecule has 1 aromatic rings. The van der Waals surface area contributed by atoms with Gasteiger partial charge in [-0.15, -0.1) is 0 Å². The van der Waals surface area contributed by atoms with Gasteiger partial charge >= 0.3 is 6.09 Å². The number of carbonyl (C=O) groups is 2. The van der Waals surface area contributed by atoms with Gasteiger partial charge in [-0.2, -0.15) is 0 Å². The number of benzene rings is 1. The van der Waals surface area contributed by atoms with Crippen molar-refractivity contribution in [2.75, 3.05) is 13.1 Å². The third kappa shape index (κ3) is 3.77. The summed E-state index contributed by atoms with van der Waals surface area (Å²) in [5, 5.41) is 0. The minimum absolute atomic E-state index is 0.0658. The van der Waals surface area contributed by atoms with Gasteiger partial charge in [0.25, 0.3) is 0 Å². The van der Waals surface area contributed by atoms with Crippen LogP contribution in [-0.4, -0.2) is 35.5 Å². The summed E-state index contributed by atoms with van der Waals surface area (Å²) in [5.41, 5.74) is -0.310. The molecule has 5 heteroatoms. The summed E-state index contributed by atoms with van der Waals surface area (Å²) in [6.45, 7) is 11.6. The van der Waals surface area contributed by atoms with Crippen LogP contribution in [-0.2, 0) is 4.74 Å². The van der Waals surface area contributed by atoms with Crippen molar-refractivity contribution in [1.82, 2.24) is 4.90 Å². The van der Waals surface area contributed by atoms with Crippen molar-refractivity contribution in [2.24, 2.45) is 5.41 Å². The molecule has 132 valence electrons. The Bertz CT molecular complexity index is 655. The predicted octanol–water partition coefficient (Wildman–Crippen LogP) is 4.39. The topological polar surface area (TPSA) is 46.6 Å². The fraction of sp³-hybridized carbons (Fsp3) is 0.579. The van der Waals surface area contributed by atoms with Gasteiger partial charge in [0.2, 0.25) is 0 Å². The fourth-order valence-electron chi connectivity index (χ4n) is 2.88. The maximum atomic E-state index is 14.1. The maximum Gasteiger partial charge on any atom is 0.410 e. The van der Waals surface area contributed by atoms with Crippen LogP contribution in [0.4, 0.5) is 9.18 Å². The van der Waals surface area contributed by atoms with E-state index in [1.165, 1.54) is 11.0 Å². The van der Waals surface area contributed by atoms with Crippen LogP contribution >= 0.6 is 0 Å². The molecule has 1 amide bonds. The Morgan fingerprint density at radius 1 is 1.25 bits per heavy atom. The number of carbonyl (C=O) groups excluding carboxylic acids is 2. The fourth-order valence-corrected chi connectivity index (χ4v) is 2.88. The minimum atomic E-state index is -0.692. The summed E-state index contributed by atoms with van der Waals surface area (Å²) in [7, 11) is 0. The van der Waals surface area contributed by atoms with E-state index in [4.69, 9.17) is 4.74 Å². The normalized spacial score (nSPS) is 16.8. The van der Waals surface area contributed by atoms with Gasteiger partial charge in [-0.25, -0.2) is 9.18 Å². The van der Waals surface area contributed by atoms with Crippen LogP contribution in [0.15, 0.2) is 18.2 Å². The standard InChI is InChI=1S/C19H26FNO3/c1-12(2)14-8-7-13(9-15(14)20)16(22)19(6)10-21(11-19)17(23)24-18(3,4)5/h7-9,12H,10-11H2,1-6H3. The highest BCUT2D eigenvalue weighted by atomic mass is 19.1. The summed E-state index contributed by atoms with van der Waals surface area (Å²) in [6.07, 6.45) is -0.422. The molecular formula is C19H26FNO3. The Hall–Kier alpha value is -1.91. The molecule has 1 heterocycles. The van der Waals surface area contributed by atoms with Gasteiger partial charge in [-0.05, 0) is 45.2 Å². The lowest BCUT2D eigenvalue weighted by molar-refractivity contribution is -0.0198. The summed E-state index contributed by atoms with van der Waals surface area (Å²) < 4.78 is 19.4. The van der Waals surface area contributed by atoms with Gasteiger partial charge in [0.15, 0.2) is 5.78 Å². The molecule has 1 aliphatic rings. The van der Waals surface area contributed by atoms with Gasteiger partial charge in [0, 0.05) is 18.7 Å². The molecule has 0 atom stereocenters. The molecule has 0 unspecified atom stereocenters. The smallest absolute Gasteiger partial charge is 0.410 e. The molecule has 2 rings (SSSR count). The summed E-state index contributed by atoms with van der Waals surface area (Å²) in [6, 6.07) is 4.64. The molecule has 0 bridgehead atoms. The number of ketones is 1. The van der Waals surface area contributed by atoms with Gasteiger partial charge < -0.3 is 9.64 Å². The van der Waals surface area contributed by atoms with Crippen molar-refractivity contribution >= 4 is 11.9 Å². The first-order valence-corrected chi connectivity index (χ1v) is 8.25. The molecule has 0 aliphatic carbocycles. The van der Waals surface area contributed by atoms with Crippen LogP contribution in [0.5, 0.6) is 0 Å². The number of hydrogen-bond acceptors (Lipinski definition) is 3. The van der Waals surface area contributed by atoms with Gasteiger partial charge in [0.05, 0.1) is 5.41 Å². The van der Waals surface area contributed by atoms with Crippen molar-refractivity contribution < 1.29 is 18.7 Å². The Kier molecular flexibility index (Phi) is 4.75. The Labute approximate surface area is 143 Å². The molecule has 0 aromatic heterocycles. The van der Waals surface area contributed by atoms with Gasteiger partial charge in [-0.1, -0.05) is 26.0 Å². The highest BCUT2D eigenvalue weighted by molar-refractivity contribution is 6.02. The molecule has 1 aliphatic heterocycles. The van der Waals surface area contributed by atoms with E-state index in [0.717, 1.165) is 0 Å². The summed E-state index contributed by atoms with van der Waals surface area (Å²) in [5.74, 6) is -0.435. The second-order valence-corrected chi connectivity index (χ2v) is 8.12. The molecule has 0 N–H and O–H groups in total. The van der Waals surface area contributed by atoms with Crippen LogP contribution in [0.3, 0.4) is 0 Å². The van der Waals surface area contributed by atoms with Crippen molar-refractivity contribution in [2.45, 2.75) is 53.1 Å². The Balaban J connectivity index is 2.07. The highest BCUT2D eigenvalue weighted by Gasteiger charge is 2.48. The van der Waals surface area contributed by atoms with Gasteiger partial charge in [-0.3, -0.25) is 4.79 Å². The molecule has 1 aromatic carbocycles. The monoisotopic (exact) mass is 335 g/mol. The molecule has 24 heavy (non-hydrogen) atoms. The second kappa shape index (κ2) is 6.19. The molecule has 0 spiro atoms. The van der Waals surface area contributed by atoms with E-state index in [1.54, 1.807) is 39.8 Å². The molecule has 0 radical (unpaired) electrons. The van der Waals surface area contributed by atoms with Crippen molar-refractivity contribution in [3.05, 3.63) is 35.1 Å². The first-order chi connectivity index (χ1) is 10.9. The van der Waals surface area contributed by atoms with E-state index in [2.05, 4.69) is 0 Å². The quantitative estimate of drug-likeness (QED) is 0.770. The van der Waals surface area contributed by atoms with Crippen LogP contribution < -0.4 is 0 Å². The minimum Gasteiger partial charge on any atom is -0.444 e. The van der Waals surface area contributed by atoms with Crippen LogP contribution in [0.1, 0.15) is 63.4 Å². The molecule has 1 saturated heterocycles. The van der Waals surface area contributed by atoms with E-state index < -0.39 is 17.1 Å². The van der Waals surface area contributed by atoms with E-state index in [9.17, 15) is 14.0 Å². The lowest BCUT2D eigenvalue weighted by atomic mass is 9.75. The number of amides is 1. The highest BCUT2D eigenvalue weighted by Crippen LogP contribution is 2.35. The predicted molar refractivity (Wildman–Crippen MR) is 90.7 cm³/mol. The zero-order valence-electron chi connectivity index (χ0n) is 15.3. The number of nitrogens with zero attached hydrogens (tertiary/aromatic N) is 1. The number of Topliss-reactive ketones (excluding diaryl/α,β-unsaturated/α-hetero) is 1. The maximum absolute atomic E-state index is 14.1. The number of likely N-dealkylation sites (tertiary alicyclic amines) is 1. The summed E-state index contributed by atoms with van der Waals surface area (Å²) in [4.78, 5) is 26.2. The van der Waals surface area contributed by atoms with Crippen molar-refractivity contribution in [1.29, 1.82) is 0 Å². The number of ether oxygens (including phenoxy) is 1. The average Bonchev–Trinajstić information content (AvgIpc) is 2.40. The third-order valence-electron chi connectivity index (χ3n) is 4.16. The number of halogens is 1. The van der Waals surface area contributed by atoms with Crippen LogP contribution in [0.25, 0.3) is 0 Å². The average molecular weight is 335 g/mol. The second-order valence-electron chi connectivity index (χ2n) is 8.12. The number of hydrogen-bond donors (Lipinski definition) is 0. The zero-order chi connectivity index (χ0) is 18.3. The molecule has 1 fully saturated rings. The van der Waals surface area contributed by atoms with Gasteiger partial charge in [0.1, 0.15) is 11.4 Å². The first kappa shape index (κ1) is 18.4. The van der Waals surface area contributed by atoms with Crippen LogP contribution in [0.2, 0.25) is 0 Å². The third-order valence-corrected chi connectivity index (χ3v) is 4.16. The molecule has 0 saturated carbocycles.